The normalized spacial score (nSPS) is 21.9. The summed E-state index contributed by atoms with van der Waals surface area (Å²) in [4.78, 5) is 4.80. The average Bonchev–Trinajstić information content (AvgIpc) is 2.66. The van der Waals surface area contributed by atoms with Gasteiger partial charge in [0.2, 0.25) is 0 Å². The Balaban J connectivity index is 1.83. The van der Waals surface area contributed by atoms with Gasteiger partial charge in [-0.25, -0.2) is 0 Å². The topological polar surface area (TPSA) is 62.7 Å². The van der Waals surface area contributed by atoms with Gasteiger partial charge in [-0.15, -0.1) is 0 Å². The SMILES string of the molecule is CCNC(=NCC1CCCOC1C(C)(C)C)NCCS(=O)Cc1ccccc1. The van der Waals surface area contributed by atoms with Gasteiger partial charge < -0.3 is 15.4 Å². The van der Waals surface area contributed by atoms with Crippen LogP contribution in [0.1, 0.15) is 46.1 Å². The molecule has 1 aliphatic rings. The Morgan fingerprint density at radius 3 is 2.68 bits per heavy atom. The standard InChI is InChI=1S/C22H37N3O2S/c1-5-23-21(24-13-15-28(26)17-18-10-7-6-8-11-18)25-16-19-12-9-14-27-20(19)22(2,3)4/h6-8,10-11,19-20H,5,9,12-17H2,1-4H3,(H2,23,24,25). The molecule has 28 heavy (non-hydrogen) atoms. The Labute approximate surface area is 173 Å². The second-order valence-electron chi connectivity index (χ2n) is 8.48. The number of hydrogen-bond acceptors (Lipinski definition) is 3. The third-order valence-electron chi connectivity index (χ3n) is 4.92. The smallest absolute Gasteiger partial charge is 0.191 e. The van der Waals surface area contributed by atoms with Crippen LogP contribution in [-0.2, 0) is 21.3 Å². The molecule has 3 atom stereocenters. The number of guanidine groups is 1. The van der Waals surface area contributed by atoms with Crippen molar-refractivity contribution < 1.29 is 8.95 Å². The number of nitrogens with one attached hydrogen (secondary N) is 2. The van der Waals surface area contributed by atoms with Gasteiger partial charge in [-0.2, -0.15) is 0 Å². The zero-order chi connectivity index (χ0) is 20.4. The number of benzene rings is 1. The average molecular weight is 408 g/mol. The van der Waals surface area contributed by atoms with Crippen LogP contribution in [0.2, 0.25) is 0 Å². The van der Waals surface area contributed by atoms with Gasteiger partial charge in [-0.05, 0) is 30.7 Å². The van der Waals surface area contributed by atoms with E-state index in [2.05, 4.69) is 38.3 Å². The van der Waals surface area contributed by atoms with Crippen molar-refractivity contribution in [3.8, 4) is 0 Å². The highest BCUT2D eigenvalue weighted by Gasteiger charge is 2.35. The number of ether oxygens (including phenoxy) is 1. The Morgan fingerprint density at radius 2 is 2.00 bits per heavy atom. The molecule has 158 valence electrons. The molecule has 0 bridgehead atoms. The molecule has 1 saturated heterocycles. The van der Waals surface area contributed by atoms with E-state index in [1.165, 1.54) is 0 Å². The summed E-state index contributed by atoms with van der Waals surface area (Å²) < 4.78 is 18.4. The summed E-state index contributed by atoms with van der Waals surface area (Å²) in [6.07, 6.45) is 2.51. The Kier molecular flexibility index (Phi) is 9.45. The van der Waals surface area contributed by atoms with E-state index in [-0.39, 0.29) is 11.5 Å². The summed E-state index contributed by atoms with van der Waals surface area (Å²) in [5, 5.41) is 6.63. The number of rotatable bonds is 8. The van der Waals surface area contributed by atoms with Gasteiger partial charge in [0.15, 0.2) is 5.96 Å². The van der Waals surface area contributed by atoms with Gasteiger partial charge in [-0.3, -0.25) is 9.20 Å². The molecule has 6 heteroatoms. The summed E-state index contributed by atoms with van der Waals surface area (Å²) in [5.41, 5.74) is 1.24. The number of nitrogens with zero attached hydrogens (tertiary/aromatic N) is 1. The third kappa shape index (κ3) is 7.92. The largest absolute Gasteiger partial charge is 0.377 e. The lowest BCUT2D eigenvalue weighted by Crippen LogP contribution is -2.43. The molecular weight excluding hydrogens is 370 g/mol. The molecule has 0 aromatic heterocycles. The first-order valence-corrected chi connectivity index (χ1v) is 11.9. The lowest BCUT2D eigenvalue weighted by Gasteiger charge is -2.39. The van der Waals surface area contributed by atoms with Crippen molar-refractivity contribution in [1.29, 1.82) is 0 Å². The van der Waals surface area contributed by atoms with Gasteiger partial charge in [-0.1, -0.05) is 51.1 Å². The fourth-order valence-corrected chi connectivity index (χ4v) is 4.69. The molecular formula is C22H37N3O2S. The molecule has 0 radical (unpaired) electrons. The fraction of sp³-hybridized carbons (Fsp3) is 0.682. The second-order valence-corrected chi connectivity index (χ2v) is 10.1. The van der Waals surface area contributed by atoms with Gasteiger partial charge in [0.1, 0.15) is 0 Å². The van der Waals surface area contributed by atoms with Crippen molar-refractivity contribution in [1.82, 2.24) is 10.6 Å². The molecule has 0 saturated carbocycles. The predicted molar refractivity (Wildman–Crippen MR) is 119 cm³/mol. The molecule has 2 N–H and O–H groups in total. The van der Waals surface area contributed by atoms with Crippen LogP contribution in [-0.4, -0.2) is 48.3 Å². The minimum atomic E-state index is -0.882. The Hall–Kier alpha value is -1.40. The van der Waals surface area contributed by atoms with Crippen molar-refractivity contribution in [2.75, 3.05) is 32.0 Å². The second kappa shape index (κ2) is 11.6. The molecule has 0 amide bonds. The quantitative estimate of drug-likeness (QED) is 0.512. The number of hydrogen-bond donors (Lipinski definition) is 2. The summed E-state index contributed by atoms with van der Waals surface area (Å²) in [6, 6.07) is 10.00. The van der Waals surface area contributed by atoms with Crippen molar-refractivity contribution in [2.45, 2.75) is 52.4 Å². The van der Waals surface area contributed by atoms with Crippen LogP contribution in [0.5, 0.6) is 0 Å². The third-order valence-corrected chi connectivity index (χ3v) is 6.23. The first-order chi connectivity index (χ1) is 13.4. The maximum atomic E-state index is 12.3. The van der Waals surface area contributed by atoms with E-state index >= 15 is 0 Å². The summed E-state index contributed by atoms with van der Waals surface area (Å²) in [6.45, 7) is 11.9. The number of aliphatic imine (C=N–C) groups is 1. The molecule has 1 aromatic carbocycles. The zero-order valence-corrected chi connectivity index (χ0v) is 18.7. The lowest BCUT2D eigenvalue weighted by molar-refractivity contribution is -0.0823. The minimum Gasteiger partial charge on any atom is -0.377 e. The van der Waals surface area contributed by atoms with E-state index < -0.39 is 10.8 Å². The molecule has 3 unspecified atom stereocenters. The van der Waals surface area contributed by atoms with Crippen LogP contribution in [0, 0.1) is 11.3 Å². The molecule has 5 nitrogen and oxygen atoms in total. The van der Waals surface area contributed by atoms with Crippen LogP contribution in [0.4, 0.5) is 0 Å². The summed E-state index contributed by atoms with van der Waals surface area (Å²) in [5.74, 6) is 2.45. The predicted octanol–water partition coefficient (Wildman–Crippen LogP) is 3.33. The maximum Gasteiger partial charge on any atom is 0.191 e. The molecule has 0 aliphatic carbocycles. The van der Waals surface area contributed by atoms with E-state index in [9.17, 15) is 4.21 Å². The van der Waals surface area contributed by atoms with Crippen LogP contribution in [0.3, 0.4) is 0 Å². The maximum absolute atomic E-state index is 12.3. The van der Waals surface area contributed by atoms with E-state index in [1.807, 2.05) is 30.3 Å². The summed E-state index contributed by atoms with van der Waals surface area (Å²) in [7, 11) is -0.882. The van der Waals surface area contributed by atoms with Crippen LogP contribution >= 0.6 is 0 Å². The van der Waals surface area contributed by atoms with Crippen molar-refractivity contribution in [2.24, 2.45) is 16.3 Å². The molecule has 1 heterocycles. The van der Waals surface area contributed by atoms with E-state index in [1.54, 1.807) is 0 Å². The van der Waals surface area contributed by atoms with Crippen LogP contribution < -0.4 is 10.6 Å². The highest BCUT2D eigenvalue weighted by Crippen LogP contribution is 2.34. The van der Waals surface area contributed by atoms with Gasteiger partial charge in [0.05, 0.1) is 6.10 Å². The Bertz CT molecular complexity index is 628. The molecule has 0 spiro atoms. The highest BCUT2D eigenvalue weighted by molar-refractivity contribution is 7.84. The molecule has 1 aliphatic heterocycles. The first-order valence-electron chi connectivity index (χ1n) is 10.4. The molecule has 1 aromatic rings. The van der Waals surface area contributed by atoms with E-state index in [0.717, 1.165) is 44.1 Å². The first kappa shape index (κ1) is 22.9. The van der Waals surface area contributed by atoms with Crippen molar-refractivity contribution in [3.05, 3.63) is 35.9 Å². The fourth-order valence-electron chi connectivity index (χ4n) is 3.65. The van der Waals surface area contributed by atoms with Gasteiger partial charge in [0.25, 0.3) is 0 Å². The van der Waals surface area contributed by atoms with Crippen LogP contribution in [0.25, 0.3) is 0 Å². The zero-order valence-electron chi connectivity index (χ0n) is 17.9. The molecule has 1 fully saturated rings. The molecule has 2 rings (SSSR count). The lowest BCUT2D eigenvalue weighted by atomic mass is 9.78. The van der Waals surface area contributed by atoms with Crippen LogP contribution in [0.15, 0.2) is 35.3 Å². The van der Waals surface area contributed by atoms with Gasteiger partial charge in [0, 0.05) is 54.5 Å². The monoisotopic (exact) mass is 407 g/mol. The van der Waals surface area contributed by atoms with Crippen molar-refractivity contribution in [3.63, 3.8) is 0 Å². The van der Waals surface area contributed by atoms with E-state index in [4.69, 9.17) is 9.73 Å². The van der Waals surface area contributed by atoms with Gasteiger partial charge >= 0.3 is 0 Å². The minimum absolute atomic E-state index is 0.126. The highest BCUT2D eigenvalue weighted by atomic mass is 32.2. The summed E-state index contributed by atoms with van der Waals surface area (Å²) >= 11 is 0. The van der Waals surface area contributed by atoms with Crippen molar-refractivity contribution >= 4 is 16.8 Å². The van der Waals surface area contributed by atoms with E-state index in [0.29, 0.717) is 24.0 Å². The Morgan fingerprint density at radius 1 is 1.25 bits per heavy atom.